The van der Waals surface area contributed by atoms with Gasteiger partial charge in [-0.2, -0.15) is 0 Å². The number of nitrogens with zero attached hydrogens (tertiary/aromatic N) is 10. The number of rotatable bonds is 6. The molecule has 0 fully saturated rings. The number of aromatic nitrogens is 10. The van der Waals surface area contributed by atoms with Gasteiger partial charge in [0.25, 0.3) is 0 Å². The van der Waals surface area contributed by atoms with Crippen LogP contribution in [0, 0.1) is 20.5 Å². The van der Waals surface area contributed by atoms with Crippen molar-refractivity contribution < 1.29 is 74.8 Å². The van der Waals surface area contributed by atoms with Gasteiger partial charge in [0.1, 0.15) is 11.4 Å². The molecule has 0 N–H and O–H groups in total. The number of halogens is 2. The number of pyridine rings is 4. The van der Waals surface area contributed by atoms with Crippen LogP contribution in [-0.2, 0) is 30.2 Å². The van der Waals surface area contributed by atoms with E-state index in [0.29, 0.717) is 13.1 Å². The number of hydrogen-bond acceptors (Lipinski definition) is 16. The summed E-state index contributed by atoms with van der Waals surface area (Å²) >= 11 is 0. The molecule has 249 valence electrons. The maximum absolute atomic E-state index is 8.49. The Labute approximate surface area is 281 Å². The van der Waals surface area contributed by atoms with Gasteiger partial charge in [0, 0.05) is 24.8 Å². The maximum atomic E-state index is 8.49. The first-order valence-electron chi connectivity index (χ1n) is 12.5. The molecule has 18 nitrogen and oxygen atoms in total. The third kappa shape index (κ3) is 17.2. The molecule has 0 atom stereocenters. The summed E-state index contributed by atoms with van der Waals surface area (Å²) in [5, 5.41) is 16.4. The number of hydrogen-bond donors (Lipinski definition) is 0. The van der Waals surface area contributed by atoms with E-state index in [9.17, 15) is 0 Å². The minimum atomic E-state index is -4.94. The Bertz CT molecular complexity index is 1560. The zero-order valence-corrected chi connectivity index (χ0v) is 26.1. The van der Waals surface area contributed by atoms with Crippen molar-refractivity contribution in [3.63, 3.8) is 0 Å². The van der Waals surface area contributed by atoms with Crippen LogP contribution in [0.25, 0.3) is 22.8 Å². The fourth-order valence-electron chi connectivity index (χ4n) is 3.33. The molecule has 21 heteroatoms. The molecule has 0 aromatic carbocycles. The van der Waals surface area contributed by atoms with E-state index in [1.54, 1.807) is 34.2 Å². The van der Waals surface area contributed by atoms with Gasteiger partial charge >= 0.3 is 17.1 Å². The van der Waals surface area contributed by atoms with Crippen molar-refractivity contribution in [2.24, 2.45) is 0 Å². The third-order valence-corrected chi connectivity index (χ3v) is 5.03. The van der Waals surface area contributed by atoms with Crippen molar-refractivity contribution in [2.45, 2.75) is 13.1 Å². The Morgan fingerprint density at radius 1 is 0.447 bits per heavy atom. The van der Waals surface area contributed by atoms with Gasteiger partial charge in [0.05, 0.1) is 48.3 Å². The fraction of sp³-hybridized carbons (Fsp3) is 0.0769. The van der Waals surface area contributed by atoms with Gasteiger partial charge in [0.15, 0.2) is 0 Å². The van der Waals surface area contributed by atoms with E-state index in [1.165, 1.54) is 0 Å². The van der Waals surface area contributed by atoms with Crippen molar-refractivity contribution in [1.82, 2.24) is 49.9 Å². The molecule has 6 aromatic heterocycles. The zero-order chi connectivity index (χ0) is 33.4. The predicted molar refractivity (Wildman–Crippen MR) is 133 cm³/mol. The Morgan fingerprint density at radius 2 is 0.766 bits per heavy atom. The van der Waals surface area contributed by atoms with Crippen LogP contribution in [0.3, 0.4) is 0 Å². The van der Waals surface area contributed by atoms with E-state index in [-0.39, 0.29) is 17.1 Å². The molecule has 6 aromatic rings. The third-order valence-electron chi connectivity index (χ3n) is 5.03. The molecule has 0 unspecified atom stereocenters. The van der Waals surface area contributed by atoms with E-state index in [0.717, 1.165) is 34.2 Å². The Hall–Kier alpha value is -4.34. The minimum absolute atomic E-state index is 0. The van der Waals surface area contributed by atoms with Crippen molar-refractivity contribution in [3.8, 4) is 22.8 Å². The van der Waals surface area contributed by atoms with Crippen molar-refractivity contribution in [2.75, 3.05) is 0 Å². The van der Waals surface area contributed by atoms with Crippen molar-refractivity contribution >= 4 is 0 Å². The molecular formula is C26H22Cl2CuN10O8. The average Bonchev–Trinajstić information content (AvgIpc) is 3.68. The minimum Gasteiger partial charge on any atom is -0.259 e. The molecule has 47 heavy (non-hydrogen) atoms. The predicted octanol–water partition coefficient (Wildman–Crippen LogP) is -5.95. The van der Waals surface area contributed by atoms with Crippen LogP contribution in [0.1, 0.15) is 11.4 Å². The topological polar surface area (TPSA) is 297 Å². The van der Waals surface area contributed by atoms with Crippen LogP contribution in [0.2, 0.25) is 0 Å². The summed E-state index contributed by atoms with van der Waals surface area (Å²) < 4.78 is 71.5. The van der Waals surface area contributed by atoms with E-state index in [2.05, 4.69) is 40.6 Å². The summed E-state index contributed by atoms with van der Waals surface area (Å²) in [5.74, 6) is 0. The van der Waals surface area contributed by atoms with Crippen LogP contribution in [0.5, 0.6) is 0 Å². The van der Waals surface area contributed by atoms with Gasteiger partial charge < -0.3 is 0 Å². The standard InChI is InChI=1S/2C13H11N5.2ClHO4.Cu/c2*1-3-7-14-11(5-1)9-18-10-13(16-17-18)12-6-2-4-8-15-12;2*2-1(3,4)5;/h2*1-8,10H,9H2;2*(H,2,3,4,5);/q;;;;+2/p-2. The molecule has 6 heterocycles. The molecule has 0 aliphatic rings. The normalized spacial score (nSPS) is 10.6. The smallest absolute Gasteiger partial charge is 0.259 e. The molecule has 1 radical (unpaired) electrons. The Kier molecular flexibility index (Phi) is 16.0. The summed E-state index contributed by atoms with van der Waals surface area (Å²) in [6.07, 6.45) is 10.8. The van der Waals surface area contributed by atoms with Crippen LogP contribution in [0.4, 0.5) is 0 Å². The van der Waals surface area contributed by atoms with E-state index in [4.69, 9.17) is 37.3 Å². The van der Waals surface area contributed by atoms with Crippen molar-refractivity contribution in [1.29, 1.82) is 0 Å². The molecule has 0 amide bonds. The van der Waals surface area contributed by atoms with E-state index >= 15 is 0 Å². The molecule has 0 aliphatic carbocycles. The summed E-state index contributed by atoms with van der Waals surface area (Å²) in [4.78, 5) is 17.0. The summed E-state index contributed by atoms with van der Waals surface area (Å²) in [7, 11) is -9.89. The monoisotopic (exact) mass is 735 g/mol. The second kappa shape index (κ2) is 19.3. The van der Waals surface area contributed by atoms with Gasteiger partial charge in [-0.15, -0.1) is 30.7 Å². The van der Waals surface area contributed by atoms with Gasteiger partial charge in [-0.1, -0.05) is 34.7 Å². The quantitative estimate of drug-likeness (QED) is 0.144. The first-order chi connectivity index (χ1) is 21.8. The second-order valence-electron chi connectivity index (χ2n) is 8.43. The Balaban J connectivity index is 0.000000251. The second-order valence-corrected chi connectivity index (χ2v) is 9.94. The molecular weight excluding hydrogens is 715 g/mol. The Morgan fingerprint density at radius 3 is 1.04 bits per heavy atom. The van der Waals surface area contributed by atoms with E-state index in [1.807, 2.05) is 85.2 Å². The molecule has 0 saturated carbocycles. The molecule has 0 spiro atoms. The van der Waals surface area contributed by atoms with Gasteiger partial charge in [-0.05, 0) is 48.5 Å². The van der Waals surface area contributed by atoms with Gasteiger partial charge in [-0.25, -0.2) is 46.6 Å². The van der Waals surface area contributed by atoms with Crippen molar-refractivity contribution in [3.05, 3.63) is 121 Å². The first kappa shape index (κ1) is 38.8. The molecule has 0 bridgehead atoms. The first-order valence-corrected chi connectivity index (χ1v) is 15.0. The summed E-state index contributed by atoms with van der Waals surface area (Å²) in [6.45, 7) is 1.22. The van der Waals surface area contributed by atoms with E-state index < -0.39 is 20.5 Å². The average molecular weight is 737 g/mol. The summed E-state index contributed by atoms with van der Waals surface area (Å²) in [6, 6.07) is 23.1. The maximum Gasteiger partial charge on any atom is 2.00 e. The van der Waals surface area contributed by atoms with Gasteiger partial charge in [0.2, 0.25) is 0 Å². The van der Waals surface area contributed by atoms with Crippen LogP contribution < -0.4 is 37.3 Å². The molecule has 6 rings (SSSR count). The summed E-state index contributed by atoms with van der Waals surface area (Å²) in [5.41, 5.74) is 5.09. The van der Waals surface area contributed by atoms with Crippen LogP contribution in [-0.4, -0.2) is 49.9 Å². The molecule has 0 saturated heterocycles. The zero-order valence-electron chi connectivity index (χ0n) is 23.6. The molecule has 0 aliphatic heterocycles. The van der Waals surface area contributed by atoms with Gasteiger partial charge in [-0.3, -0.25) is 19.9 Å². The largest absolute Gasteiger partial charge is 2.00 e. The fourth-order valence-corrected chi connectivity index (χ4v) is 3.33. The van der Waals surface area contributed by atoms with Crippen LogP contribution >= 0.6 is 0 Å². The SMILES string of the molecule is [Cu+2].[O-][Cl+3]([O-])([O-])[O-].[O-][Cl+3]([O-])([O-])[O-].c1ccc(Cn2cc(-c3ccccn3)nn2)nc1.c1ccc(Cn2cc(-c3ccccn3)nn2)nc1. The van der Waals surface area contributed by atoms with Crippen LogP contribution in [0.15, 0.2) is 110 Å².